The van der Waals surface area contributed by atoms with Crippen LogP contribution in [0.3, 0.4) is 0 Å². The molecule has 0 unspecified atom stereocenters. The van der Waals surface area contributed by atoms with Crippen LogP contribution < -0.4 is 5.32 Å². The van der Waals surface area contributed by atoms with Gasteiger partial charge >= 0.3 is 5.97 Å². The second-order valence-electron chi connectivity index (χ2n) is 4.46. The fraction of sp³-hybridized carbons (Fsp3) is 0.0588. The van der Waals surface area contributed by atoms with Gasteiger partial charge in [-0.1, -0.05) is 36.4 Å². The molecule has 0 saturated heterocycles. The van der Waals surface area contributed by atoms with E-state index in [4.69, 9.17) is 5.11 Å². The molecule has 2 aromatic rings. The molecule has 4 nitrogen and oxygen atoms in total. The highest BCUT2D eigenvalue weighted by molar-refractivity contribution is 5.94. The Morgan fingerprint density at radius 3 is 1.67 bits per heavy atom. The van der Waals surface area contributed by atoms with E-state index in [2.05, 4.69) is 5.32 Å². The number of rotatable bonds is 4. The molecule has 106 valence electrons. The molecule has 0 saturated carbocycles. The van der Waals surface area contributed by atoms with Crippen LogP contribution in [0.5, 0.6) is 0 Å². The summed E-state index contributed by atoms with van der Waals surface area (Å²) in [5.41, 5.74) is 2.75. The molecule has 2 aromatic carbocycles. The Morgan fingerprint density at radius 1 is 0.857 bits per heavy atom. The van der Waals surface area contributed by atoms with Gasteiger partial charge in [-0.25, -0.2) is 4.79 Å². The zero-order chi connectivity index (χ0) is 15.2. The predicted molar refractivity (Wildman–Crippen MR) is 82.2 cm³/mol. The van der Waals surface area contributed by atoms with Crippen LogP contribution >= 0.6 is 0 Å². The first-order chi connectivity index (χ1) is 10.1. The molecule has 2 N–H and O–H groups in total. The molecule has 0 atom stereocenters. The molecule has 0 bridgehead atoms. The van der Waals surface area contributed by atoms with Crippen LogP contribution in [0.25, 0.3) is 12.2 Å². The largest absolute Gasteiger partial charge is 0.478 e. The van der Waals surface area contributed by atoms with Gasteiger partial charge in [0.15, 0.2) is 0 Å². The zero-order valence-corrected chi connectivity index (χ0v) is 11.5. The lowest BCUT2D eigenvalue weighted by Gasteiger charge is -2.00. The zero-order valence-electron chi connectivity index (χ0n) is 11.5. The van der Waals surface area contributed by atoms with Gasteiger partial charge in [0.2, 0.25) is 0 Å². The SMILES string of the molecule is CNC(=O)c1ccc(/C=C/c2ccc(C(=O)O)cc2)cc1. The quantitative estimate of drug-likeness (QED) is 0.847. The van der Waals surface area contributed by atoms with Crippen molar-refractivity contribution in [3.8, 4) is 0 Å². The van der Waals surface area contributed by atoms with E-state index >= 15 is 0 Å². The average molecular weight is 281 g/mol. The maximum atomic E-state index is 11.4. The van der Waals surface area contributed by atoms with E-state index in [1.165, 1.54) is 0 Å². The van der Waals surface area contributed by atoms with Crippen LogP contribution in [0.1, 0.15) is 31.8 Å². The van der Waals surface area contributed by atoms with Gasteiger partial charge in [-0.2, -0.15) is 0 Å². The lowest BCUT2D eigenvalue weighted by molar-refractivity contribution is 0.0696. The van der Waals surface area contributed by atoms with Gasteiger partial charge in [0.05, 0.1) is 5.56 Å². The van der Waals surface area contributed by atoms with Crippen molar-refractivity contribution in [2.24, 2.45) is 0 Å². The van der Waals surface area contributed by atoms with E-state index in [0.717, 1.165) is 11.1 Å². The van der Waals surface area contributed by atoms with Crippen molar-refractivity contribution < 1.29 is 14.7 Å². The van der Waals surface area contributed by atoms with E-state index in [1.54, 1.807) is 43.4 Å². The summed E-state index contributed by atoms with van der Waals surface area (Å²) < 4.78 is 0. The van der Waals surface area contributed by atoms with Crippen LogP contribution in [-0.2, 0) is 0 Å². The van der Waals surface area contributed by atoms with Gasteiger partial charge in [-0.05, 0) is 35.4 Å². The molecule has 0 aliphatic rings. The molecule has 0 aliphatic heterocycles. The second kappa shape index (κ2) is 6.52. The fourth-order valence-corrected chi connectivity index (χ4v) is 1.82. The number of aromatic carboxylic acids is 1. The second-order valence-corrected chi connectivity index (χ2v) is 4.46. The monoisotopic (exact) mass is 281 g/mol. The van der Waals surface area contributed by atoms with Gasteiger partial charge in [0, 0.05) is 12.6 Å². The van der Waals surface area contributed by atoms with Gasteiger partial charge in [0.25, 0.3) is 5.91 Å². The number of carbonyl (C=O) groups is 2. The maximum Gasteiger partial charge on any atom is 0.335 e. The first kappa shape index (κ1) is 14.5. The fourth-order valence-electron chi connectivity index (χ4n) is 1.82. The smallest absolute Gasteiger partial charge is 0.335 e. The third-order valence-corrected chi connectivity index (χ3v) is 3.03. The van der Waals surface area contributed by atoms with Crippen LogP contribution in [0, 0.1) is 0 Å². The van der Waals surface area contributed by atoms with E-state index in [9.17, 15) is 9.59 Å². The Balaban J connectivity index is 2.10. The summed E-state index contributed by atoms with van der Waals surface area (Å²) in [5.74, 6) is -1.05. The Bertz CT molecular complexity index is 670. The molecular weight excluding hydrogens is 266 g/mol. The number of carboxylic acid groups (broad SMARTS) is 1. The Kier molecular flexibility index (Phi) is 4.51. The minimum Gasteiger partial charge on any atom is -0.478 e. The number of nitrogens with one attached hydrogen (secondary N) is 1. The summed E-state index contributed by atoms with van der Waals surface area (Å²) in [7, 11) is 1.59. The third-order valence-electron chi connectivity index (χ3n) is 3.03. The summed E-state index contributed by atoms with van der Waals surface area (Å²) in [5, 5.41) is 11.4. The van der Waals surface area contributed by atoms with Gasteiger partial charge in [-0.15, -0.1) is 0 Å². The van der Waals surface area contributed by atoms with Gasteiger partial charge in [0.1, 0.15) is 0 Å². The predicted octanol–water partition coefficient (Wildman–Crippen LogP) is 2.91. The molecule has 0 aliphatic carbocycles. The van der Waals surface area contributed by atoms with Crippen LogP contribution in [-0.4, -0.2) is 24.0 Å². The molecule has 0 aromatic heterocycles. The Hall–Kier alpha value is -2.88. The van der Waals surface area contributed by atoms with Crippen LogP contribution in [0.2, 0.25) is 0 Å². The Labute approximate surface area is 122 Å². The normalized spacial score (nSPS) is 10.5. The van der Waals surface area contributed by atoms with E-state index in [1.807, 2.05) is 24.3 Å². The summed E-state index contributed by atoms with van der Waals surface area (Å²) in [6, 6.07) is 13.8. The lowest BCUT2D eigenvalue weighted by Crippen LogP contribution is -2.17. The minimum absolute atomic E-state index is 0.116. The first-order valence-electron chi connectivity index (χ1n) is 6.44. The average Bonchev–Trinajstić information content (AvgIpc) is 2.53. The van der Waals surface area contributed by atoms with Crippen LogP contribution in [0.4, 0.5) is 0 Å². The third kappa shape index (κ3) is 3.79. The molecule has 21 heavy (non-hydrogen) atoms. The number of hydrogen-bond acceptors (Lipinski definition) is 2. The highest BCUT2D eigenvalue weighted by Crippen LogP contribution is 2.11. The van der Waals surface area contributed by atoms with E-state index in [0.29, 0.717) is 5.56 Å². The first-order valence-corrected chi connectivity index (χ1v) is 6.44. The molecule has 2 rings (SSSR count). The number of benzene rings is 2. The van der Waals surface area contributed by atoms with Crippen molar-refractivity contribution in [1.29, 1.82) is 0 Å². The molecule has 1 amide bonds. The lowest BCUT2D eigenvalue weighted by atomic mass is 10.1. The number of carbonyl (C=O) groups excluding carboxylic acids is 1. The number of carboxylic acids is 1. The highest BCUT2D eigenvalue weighted by atomic mass is 16.4. The summed E-state index contributed by atoms with van der Waals surface area (Å²) in [6.45, 7) is 0. The van der Waals surface area contributed by atoms with Crippen molar-refractivity contribution in [2.45, 2.75) is 0 Å². The van der Waals surface area contributed by atoms with Crippen molar-refractivity contribution in [2.75, 3.05) is 7.05 Å². The highest BCUT2D eigenvalue weighted by Gasteiger charge is 2.01. The van der Waals surface area contributed by atoms with E-state index in [-0.39, 0.29) is 11.5 Å². The van der Waals surface area contributed by atoms with Crippen molar-refractivity contribution in [3.05, 3.63) is 70.8 Å². The molecular formula is C17H15NO3. The molecule has 4 heteroatoms. The molecule has 0 spiro atoms. The van der Waals surface area contributed by atoms with Gasteiger partial charge in [-0.3, -0.25) is 4.79 Å². The minimum atomic E-state index is -0.935. The topological polar surface area (TPSA) is 66.4 Å². The Morgan fingerprint density at radius 2 is 1.29 bits per heavy atom. The van der Waals surface area contributed by atoms with Gasteiger partial charge < -0.3 is 10.4 Å². The number of amides is 1. The van der Waals surface area contributed by atoms with Crippen molar-refractivity contribution in [3.63, 3.8) is 0 Å². The maximum absolute atomic E-state index is 11.4. The molecule has 0 radical (unpaired) electrons. The van der Waals surface area contributed by atoms with Crippen molar-refractivity contribution in [1.82, 2.24) is 5.32 Å². The molecule has 0 heterocycles. The summed E-state index contributed by atoms with van der Waals surface area (Å²) in [6.07, 6.45) is 3.80. The van der Waals surface area contributed by atoms with Crippen molar-refractivity contribution >= 4 is 24.0 Å². The number of hydrogen-bond donors (Lipinski definition) is 2. The summed E-state index contributed by atoms with van der Waals surface area (Å²) in [4.78, 5) is 22.2. The van der Waals surface area contributed by atoms with E-state index < -0.39 is 5.97 Å². The molecule has 0 fully saturated rings. The summed E-state index contributed by atoms with van der Waals surface area (Å²) >= 11 is 0. The van der Waals surface area contributed by atoms with Crippen LogP contribution in [0.15, 0.2) is 48.5 Å². The standard InChI is InChI=1S/C17H15NO3/c1-18-16(19)14-8-4-12(5-9-14)2-3-13-6-10-15(11-7-13)17(20)21/h2-11H,1H3,(H,18,19)(H,20,21)/b3-2+.